The molecule has 2 aliphatic rings. The molecular weight excluding hydrogens is 275 g/mol. The maximum Gasteiger partial charge on any atom is 0.269 e. The summed E-state index contributed by atoms with van der Waals surface area (Å²) in [6.07, 6.45) is 0.268. The van der Waals surface area contributed by atoms with Crippen LogP contribution in [0.5, 0.6) is 0 Å². The molecule has 0 bridgehead atoms. The largest absolute Gasteiger partial charge is 0.379 e. The zero-order valence-electron chi connectivity index (χ0n) is 11.8. The predicted molar refractivity (Wildman–Crippen MR) is 74.4 cm³/mol. The fraction of sp³-hybridized carbons (Fsp3) is 0.467. The number of carbonyl (C=O) groups is 1. The summed E-state index contributed by atoms with van der Waals surface area (Å²) in [5, 5.41) is 3.93. The van der Waals surface area contributed by atoms with Crippen molar-refractivity contribution >= 4 is 11.6 Å². The molecule has 0 spiro atoms. The molecule has 0 aliphatic carbocycles. The smallest absolute Gasteiger partial charge is 0.269 e. The number of ether oxygens (including phenoxy) is 1. The number of hydrogen-bond donors (Lipinski definition) is 0. The fourth-order valence-electron chi connectivity index (χ4n) is 2.60. The molecule has 6 heteroatoms. The summed E-state index contributed by atoms with van der Waals surface area (Å²) in [5.41, 5.74) is -0.206. The minimum atomic E-state index is -1.06. The first-order valence-corrected chi connectivity index (χ1v) is 6.97. The zero-order valence-corrected chi connectivity index (χ0v) is 11.8. The zero-order chi connectivity index (χ0) is 14.9. The van der Waals surface area contributed by atoms with Gasteiger partial charge < -0.3 is 14.5 Å². The second-order valence-corrected chi connectivity index (χ2v) is 5.42. The van der Waals surface area contributed by atoms with E-state index in [1.165, 1.54) is 6.07 Å². The number of nitrogens with zero attached hydrogens (tertiary/aromatic N) is 2. The molecule has 1 aromatic carbocycles. The molecule has 21 heavy (non-hydrogen) atoms. The van der Waals surface area contributed by atoms with Crippen LogP contribution in [0.2, 0.25) is 0 Å². The molecule has 2 heterocycles. The van der Waals surface area contributed by atoms with Crippen molar-refractivity contribution in [1.82, 2.24) is 4.90 Å². The highest BCUT2D eigenvalue weighted by Gasteiger charge is 2.45. The van der Waals surface area contributed by atoms with Gasteiger partial charge in [0, 0.05) is 25.1 Å². The van der Waals surface area contributed by atoms with Crippen molar-refractivity contribution in [2.45, 2.75) is 18.9 Å². The summed E-state index contributed by atoms with van der Waals surface area (Å²) in [6, 6.07) is 6.37. The summed E-state index contributed by atoms with van der Waals surface area (Å²) in [6.45, 7) is 3.85. The number of halogens is 1. The van der Waals surface area contributed by atoms with Crippen molar-refractivity contribution in [2.24, 2.45) is 5.16 Å². The molecular formula is C15H17FN2O3. The Morgan fingerprint density at radius 1 is 1.33 bits per heavy atom. The first-order chi connectivity index (χ1) is 10.1. The minimum absolute atomic E-state index is 0.124. The highest BCUT2D eigenvalue weighted by atomic mass is 19.1. The van der Waals surface area contributed by atoms with E-state index >= 15 is 0 Å². The molecule has 112 valence electrons. The van der Waals surface area contributed by atoms with Crippen LogP contribution in [-0.4, -0.2) is 48.4 Å². The number of benzene rings is 1. The first-order valence-electron chi connectivity index (χ1n) is 6.97. The molecule has 1 aromatic rings. The number of oxime groups is 1. The van der Waals surface area contributed by atoms with Gasteiger partial charge in [-0.3, -0.25) is 4.79 Å². The van der Waals surface area contributed by atoms with Crippen LogP contribution in [0.25, 0.3) is 0 Å². The lowest BCUT2D eigenvalue weighted by Gasteiger charge is -2.32. The second kappa shape index (κ2) is 5.44. The van der Waals surface area contributed by atoms with Crippen molar-refractivity contribution in [2.75, 3.05) is 26.3 Å². The lowest BCUT2D eigenvalue weighted by Crippen LogP contribution is -2.51. The monoisotopic (exact) mass is 292 g/mol. The summed E-state index contributed by atoms with van der Waals surface area (Å²) >= 11 is 0. The van der Waals surface area contributed by atoms with Gasteiger partial charge in [0.2, 0.25) is 5.60 Å². The third kappa shape index (κ3) is 2.63. The lowest BCUT2D eigenvalue weighted by atomic mass is 9.94. The van der Waals surface area contributed by atoms with Crippen LogP contribution in [0, 0.1) is 5.82 Å². The summed E-state index contributed by atoms with van der Waals surface area (Å²) in [5.74, 6) is -0.483. The van der Waals surface area contributed by atoms with E-state index in [9.17, 15) is 9.18 Å². The Morgan fingerprint density at radius 2 is 2.05 bits per heavy atom. The number of rotatable bonds is 2. The van der Waals surface area contributed by atoms with E-state index in [-0.39, 0.29) is 18.1 Å². The van der Waals surface area contributed by atoms with Crippen LogP contribution >= 0.6 is 0 Å². The van der Waals surface area contributed by atoms with Gasteiger partial charge in [0.15, 0.2) is 0 Å². The summed E-state index contributed by atoms with van der Waals surface area (Å²) in [4.78, 5) is 19.6. The standard InChI is InChI=1S/C15H17FN2O3/c1-15(14(19)18-6-8-20-9-7-18)10-13(17-21-15)11-4-2-3-5-12(11)16/h2-5H,6-10H2,1H3/t15-/m0/s1. The lowest BCUT2D eigenvalue weighted by molar-refractivity contribution is -0.157. The van der Waals surface area contributed by atoms with Gasteiger partial charge in [-0.15, -0.1) is 0 Å². The highest BCUT2D eigenvalue weighted by Crippen LogP contribution is 2.29. The van der Waals surface area contributed by atoms with Crippen LogP contribution < -0.4 is 0 Å². The molecule has 0 N–H and O–H groups in total. The Bertz CT molecular complexity index is 584. The summed E-state index contributed by atoms with van der Waals surface area (Å²) < 4.78 is 19.0. The molecule has 5 nitrogen and oxygen atoms in total. The molecule has 0 unspecified atom stereocenters. The molecule has 0 radical (unpaired) electrons. The fourth-order valence-corrected chi connectivity index (χ4v) is 2.60. The third-order valence-electron chi connectivity index (χ3n) is 3.80. The van der Waals surface area contributed by atoms with E-state index in [0.29, 0.717) is 37.6 Å². The van der Waals surface area contributed by atoms with Crippen molar-refractivity contribution in [3.63, 3.8) is 0 Å². The Labute approximate surface area is 122 Å². The molecule has 1 amide bonds. The average Bonchev–Trinajstić information content (AvgIpc) is 2.91. The van der Waals surface area contributed by atoms with E-state index in [1.54, 1.807) is 30.0 Å². The molecule has 1 atom stereocenters. The van der Waals surface area contributed by atoms with Crippen molar-refractivity contribution in [1.29, 1.82) is 0 Å². The maximum absolute atomic E-state index is 13.8. The number of hydrogen-bond acceptors (Lipinski definition) is 4. The van der Waals surface area contributed by atoms with E-state index in [0.717, 1.165) is 0 Å². The highest BCUT2D eigenvalue weighted by molar-refractivity contribution is 6.05. The van der Waals surface area contributed by atoms with Gasteiger partial charge in [-0.05, 0) is 13.0 Å². The van der Waals surface area contributed by atoms with E-state index in [4.69, 9.17) is 9.57 Å². The minimum Gasteiger partial charge on any atom is -0.379 e. The first kappa shape index (κ1) is 14.0. The third-order valence-corrected chi connectivity index (χ3v) is 3.80. The molecule has 0 saturated carbocycles. The molecule has 0 aromatic heterocycles. The normalized spacial score (nSPS) is 25.4. The van der Waals surface area contributed by atoms with Crippen LogP contribution in [0.4, 0.5) is 4.39 Å². The van der Waals surface area contributed by atoms with Gasteiger partial charge in [-0.25, -0.2) is 4.39 Å². The number of morpholine rings is 1. The van der Waals surface area contributed by atoms with Crippen molar-refractivity contribution < 1.29 is 18.8 Å². The second-order valence-electron chi connectivity index (χ2n) is 5.42. The van der Waals surface area contributed by atoms with Crippen molar-refractivity contribution in [3.8, 4) is 0 Å². The Hall–Kier alpha value is -1.95. The van der Waals surface area contributed by atoms with Crippen LogP contribution in [0.1, 0.15) is 18.9 Å². The van der Waals surface area contributed by atoms with E-state index in [1.807, 2.05) is 0 Å². The number of carbonyl (C=O) groups excluding carboxylic acids is 1. The van der Waals surface area contributed by atoms with Gasteiger partial charge in [-0.2, -0.15) is 0 Å². The van der Waals surface area contributed by atoms with E-state index in [2.05, 4.69) is 5.16 Å². The van der Waals surface area contributed by atoms with Gasteiger partial charge in [0.05, 0.1) is 18.9 Å². The van der Waals surface area contributed by atoms with Crippen LogP contribution in [0.15, 0.2) is 29.4 Å². The van der Waals surface area contributed by atoms with Gasteiger partial charge in [-0.1, -0.05) is 23.4 Å². The van der Waals surface area contributed by atoms with E-state index < -0.39 is 5.60 Å². The van der Waals surface area contributed by atoms with Gasteiger partial charge >= 0.3 is 0 Å². The molecule has 1 fully saturated rings. The molecule has 1 saturated heterocycles. The topological polar surface area (TPSA) is 51.1 Å². The van der Waals surface area contributed by atoms with Crippen LogP contribution in [0.3, 0.4) is 0 Å². The Kier molecular flexibility index (Phi) is 3.63. The summed E-state index contributed by atoms with van der Waals surface area (Å²) in [7, 11) is 0. The predicted octanol–water partition coefficient (Wildman–Crippen LogP) is 1.57. The number of amides is 1. The molecule has 2 aliphatic heterocycles. The molecule has 3 rings (SSSR count). The Morgan fingerprint density at radius 3 is 2.76 bits per heavy atom. The Balaban J connectivity index is 1.75. The SMILES string of the molecule is C[C@@]1(C(=O)N2CCOCC2)CC(c2ccccc2F)=NO1. The van der Waals surface area contributed by atoms with Crippen molar-refractivity contribution in [3.05, 3.63) is 35.6 Å². The quantitative estimate of drug-likeness (QED) is 0.831. The van der Waals surface area contributed by atoms with Gasteiger partial charge in [0.1, 0.15) is 5.82 Å². The van der Waals surface area contributed by atoms with Gasteiger partial charge in [0.25, 0.3) is 5.91 Å². The maximum atomic E-state index is 13.8. The average molecular weight is 292 g/mol. The van der Waals surface area contributed by atoms with Crippen LogP contribution in [-0.2, 0) is 14.4 Å².